The molecule has 8 heteroatoms. The number of sulfonamides is 1. The number of rotatable bonds is 7. The first kappa shape index (κ1) is 22.2. The summed E-state index contributed by atoms with van der Waals surface area (Å²) in [4.78, 5) is 15.1. The molecule has 0 aromatic heterocycles. The van der Waals surface area contributed by atoms with Crippen molar-refractivity contribution in [1.29, 1.82) is 0 Å². The zero-order valence-electron chi connectivity index (χ0n) is 17.1. The summed E-state index contributed by atoms with van der Waals surface area (Å²) in [5.41, 5.74) is 0. The van der Waals surface area contributed by atoms with Gasteiger partial charge in [-0.15, -0.1) is 0 Å². The molecule has 2 fully saturated rings. The largest absolute Gasteiger partial charge is 0.356 e. The Bertz CT molecular complexity index is 785. The fraction of sp³-hybridized carbons (Fsp3) is 0.667. The fourth-order valence-electron chi connectivity index (χ4n) is 4.26. The average molecular weight is 426 g/mol. The summed E-state index contributed by atoms with van der Waals surface area (Å²) in [6.45, 7) is 5.55. The van der Waals surface area contributed by atoms with E-state index in [4.69, 9.17) is 0 Å². The number of hydrogen-bond donors (Lipinski definition) is 1. The van der Waals surface area contributed by atoms with Gasteiger partial charge in [0.1, 0.15) is 5.82 Å². The topological polar surface area (TPSA) is 69.7 Å². The smallest absolute Gasteiger partial charge is 0.243 e. The lowest BCUT2D eigenvalue weighted by Gasteiger charge is -2.33. The van der Waals surface area contributed by atoms with Crippen molar-refractivity contribution in [2.24, 2.45) is 5.92 Å². The molecule has 0 unspecified atom stereocenters. The minimum absolute atomic E-state index is 0.0654. The maximum Gasteiger partial charge on any atom is 0.243 e. The van der Waals surface area contributed by atoms with Gasteiger partial charge in [-0.3, -0.25) is 4.79 Å². The first-order valence-electron chi connectivity index (χ1n) is 10.7. The second kappa shape index (κ2) is 10.00. The summed E-state index contributed by atoms with van der Waals surface area (Å²) >= 11 is 0. The van der Waals surface area contributed by atoms with E-state index in [1.54, 1.807) is 0 Å². The Labute approximate surface area is 173 Å². The number of carbonyl (C=O) groups excluding carboxylic acids is 1. The minimum atomic E-state index is -3.71. The van der Waals surface area contributed by atoms with Gasteiger partial charge in [0.25, 0.3) is 0 Å². The summed E-state index contributed by atoms with van der Waals surface area (Å²) in [6, 6.07) is 5.45. The monoisotopic (exact) mass is 425 g/mol. The van der Waals surface area contributed by atoms with Crippen LogP contribution >= 0.6 is 0 Å². The van der Waals surface area contributed by atoms with Crippen LogP contribution in [0.5, 0.6) is 0 Å². The van der Waals surface area contributed by atoms with Crippen molar-refractivity contribution < 1.29 is 17.6 Å². The quantitative estimate of drug-likeness (QED) is 0.682. The number of likely N-dealkylation sites (tertiary alicyclic amines) is 1. The molecule has 2 atom stereocenters. The van der Waals surface area contributed by atoms with Crippen molar-refractivity contribution in [3.8, 4) is 0 Å². The number of benzene rings is 1. The van der Waals surface area contributed by atoms with Crippen LogP contribution in [0.3, 0.4) is 0 Å². The number of halogens is 1. The average Bonchev–Trinajstić information content (AvgIpc) is 2.72. The number of piperidine rings is 2. The van der Waals surface area contributed by atoms with Gasteiger partial charge in [0.2, 0.25) is 15.9 Å². The predicted molar refractivity (Wildman–Crippen MR) is 110 cm³/mol. The van der Waals surface area contributed by atoms with Crippen LogP contribution in [0.25, 0.3) is 0 Å². The van der Waals surface area contributed by atoms with E-state index in [9.17, 15) is 17.6 Å². The van der Waals surface area contributed by atoms with Crippen molar-refractivity contribution >= 4 is 15.9 Å². The lowest BCUT2D eigenvalue weighted by molar-refractivity contribution is -0.126. The van der Waals surface area contributed by atoms with Gasteiger partial charge in [-0.25, -0.2) is 12.8 Å². The van der Waals surface area contributed by atoms with Crippen LogP contribution in [-0.4, -0.2) is 62.3 Å². The van der Waals surface area contributed by atoms with E-state index in [2.05, 4.69) is 17.1 Å². The Morgan fingerprint density at radius 2 is 1.90 bits per heavy atom. The number of carbonyl (C=O) groups is 1. The molecule has 3 rings (SSSR count). The second-order valence-electron chi connectivity index (χ2n) is 8.18. The highest BCUT2D eigenvalue weighted by atomic mass is 32.2. The molecule has 0 radical (unpaired) electrons. The third-order valence-electron chi connectivity index (χ3n) is 6.07. The van der Waals surface area contributed by atoms with Gasteiger partial charge in [0.05, 0.1) is 10.8 Å². The zero-order valence-corrected chi connectivity index (χ0v) is 18.0. The first-order valence-corrected chi connectivity index (χ1v) is 12.1. The van der Waals surface area contributed by atoms with Gasteiger partial charge in [-0.1, -0.05) is 6.42 Å². The van der Waals surface area contributed by atoms with Crippen molar-refractivity contribution in [3.05, 3.63) is 30.1 Å². The molecular formula is C21H32FN3O3S. The van der Waals surface area contributed by atoms with Crippen molar-refractivity contribution in [2.75, 3.05) is 32.7 Å². The van der Waals surface area contributed by atoms with Crippen LogP contribution < -0.4 is 5.32 Å². The molecule has 1 amide bonds. The van der Waals surface area contributed by atoms with Gasteiger partial charge in [0.15, 0.2) is 0 Å². The second-order valence-corrected chi connectivity index (χ2v) is 10.1. The first-order chi connectivity index (χ1) is 13.9. The molecule has 0 aliphatic carbocycles. The van der Waals surface area contributed by atoms with Gasteiger partial charge in [-0.2, -0.15) is 4.31 Å². The van der Waals surface area contributed by atoms with E-state index in [1.165, 1.54) is 35.7 Å². The summed E-state index contributed by atoms with van der Waals surface area (Å²) in [5, 5.41) is 2.99. The molecule has 0 bridgehead atoms. The third kappa shape index (κ3) is 5.77. The van der Waals surface area contributed by atoms with Gasteiger partial charge in [0, 0.05) is 32.2 Å². The van der Waals surface area contributed by atoms with Crippen LogP contribution in [0, 0.1) is 11.7 Å². The zero-order chi connectivity index (χ0) is 20.9. The predicted octanol–water partition coefficient (Wildman–Crippen LogP) is 2.61. The SMILES string of the molecule is C[C@H]1CCCCN1CCCNC(=O)[C@@H]1CCCN(S(=O)(=O)c2ccc(F)cc2)C1. The van der Waals surface area contributed by atoms with Crippen LogP contribution in [0.15, 0.2) is 29.2 Å². The Morgan fingerprint density at radius 3 is 2.62 bits per heavy atom. The van der Waals surface area contributed by atoms with Crippen molar-refractivity contribution in [2.45, 2.75) is 56.4 Å². The highest BCUT2D eigenvalue weighted by Gasteiger charge is 2.33. The normalized spacial score (nSPS) is 24.3. The molecule has 1 aromatic rings. The molecule has 2 aliphatic rings. The standard InChI is InChI=1S/C21H32FN3O3S/c1-17-6-2-3-13-24(17)14-5-12-23-21(26)18-7-4-15-25(16-18)29(27,28)20-10-8-19(22)9-11-20/h8-11,17-18H,2-7,12-16H2,1H3,(H,23,26)/t17-,18+/m0/s1. The summed E-state index contributed by atoms with van der Waals surface area (Å²) in [7, 11) is -3.71. The third-order valence-corrected chi connectivity index (χ3v) is 7.95. The molecule has 1 N–H and O–H groups in total. The van der Waals surface area contributed by atoms with Crippen LogP contribution in [0.4, 0.5) is 4.39 Å². The van der Waals surface area contributed by atoms with E-state index in [-0.39, 0.29) is 23.3 Å². The minimum Gasteiger partial charge on any atom is -0.356 e. The lowest BCUT2D eigenvalue weighted by atomic mass is 9.99. The molecule has 29 heavy (non-hydrogen) atoms. The van der Waals surface area contributed by atoms with E-state index < -0.39 is 15.8 Å². The lowest BCUT2D eigenvalue weighted by Crippen LogP contribution is -2.46. The molecule has 162 valence electrons. The summed E-state index contributed by atoms with van der Waals surface area (Å²) < 4.78 is 40.1. The van der Waals surface area contributed by atoms with Crippen LogP contribution in [0.1, 0.15) is 45.4 Å². The Morgan fingerprint density at radius 1 is 1.14 bits per heavy atom. The van der Waals surface area contributed by atoms with E-state index in [0.717, 1.165) is 31.6 Å². The van der Waals surface area contributed by atoms with Crippen LogP contribution in [-0.2, 0) is 14.8 Å². The summed E-state index contributed by atoms with van der Waals surface area (Å²) in [5.74, 6) is -0.887. The van der Waals surface area contributed by atoms with E-state index in [1.807, 2.05) is 0 Å². The molecule has 2 saturated heterocycles. The van der Waals surface area contributed by atoms with Gasteiger partial charge in [-0.05, 0) is 69.8 Å². The highest BCUT2D eigenvalue weighted by Crippen LogP contribution is 2.24. The van der Waals surface area contributed by atoms with Gasteiger partial charge < -0.3 is 10.2 Å². The highest BCUT2D eigenvalue weighted by molar-refractivity contribution is 7.89. The van der Waals surface area contributed by atoms with Crippen molar-refractivity contribution in [3.63, 3.8) is 0 Å². The summed E-state index contributed by atoms with van der Waals surface area (Å²) in [6.07, 6.45) is 6.02. The Kier molecular flexibility index (Phi) is 7.65. The number of nitrogens with zero attached hydrogens (tertiary/aromatic N) is 2. The number of hydrogen-bond acceptors (Lipinski definition) is 4. The van der Waals surface area contributed by atoms with Crippen molar-refractivity contribution in [1.82, 2.24) is 14.5 Å². The number of nitrogens with one attached hydrogen (secondary N) is 1. The maximum atomic E-state index is 13.1. The molecule has 2 heterocycles. The Balaban J connectivity index is 1.48. The number of amides is 1. The fourth-order valence-corrected chi connectivity index (χ4v) is 5.78. The molecular weight excluding hydrogens is 393 g/mol. The van der Waals surface area contributed by atoms with Gasteiger partial charge >= 0.3 is 0 Å². The molecule has 2 aliphatic heterocycles. The van der Waals surface area contributed by atoms with E-state index in [0.29, 0.717) is 32.0 Å². The van der Waals surface area contributed by atoms with E-state index >= 15 is 0 Å². The van der Waals surface area contributed by atoms with Crippen LogP contribution in [0.2, 0.25) is 0 Å². The molecule has 6 nitrogen and oxygen atoms in total. The maximum absolute atomic E-state index is 13.1. The molecule has 1 aromatic carbocycles. The molecule has 0 spiro atoms. The Hall–Kier alpha value is -1.51. The molecule has 0 saturated carbocycles.